The lowest BCUT2D eigenvalue weighted by molar-refractivity contribution is 0.0396. The van der Waals surface area contributed by atoms with Gasteiger partial charge >= 0.3 is 0 Å². The zero-order chi connectivity index (χ0) is 14.5. The summed E-state index contributed by atoms with van der Waals surface area (Å²) in [4.78, 5) is 2.74. The maximum Gasteiger partial charge on any atom is 0.0443 e. The molecule has 3 heteroatoms. The second-order valence-corrected chi connectivity index (χ2v) is 7.35. The maximum atomic E-state index is 8.94. The van der Waals surface area contributed by atoms with Crippen molar-refractivity contribution in [3.8, 4) is 0 Å². The molecule has 1 saturated carbocycles. The van der Waals surface area contributed by atoms with Crippen molar-refractivity contribution in [3.05, 3.63) is 0 Å². The zero-order valence-electron chi connectivity index (χ0n) is 13.6. The summed E-state index contributed by atoms with van der Waals surface area (Å²) >= 11 is 0. The molecule has 3 atom stereocenters. The lowest BCUT2D eigenvalue weighted by atomic mass is 9.77. The number of aliphatic hydroxyl groups excluding tert-OH is 1. The van der Waals surface area contributed by atoms with Crippen LogP contribution in [0.5, 0.6) is 0 Å². The van der Waals surface area contributed by atoms with Crippen LogP contribution in [0.1, 0.15) is 52.9 Å². The average molecular weight is 282 g/mol. The zero-order valence-corrected chi connectivity index (χ0v) is 13.6. The third-order valence-corrected chi connectivity index (χ3v) is 5.63. The molecule has 1 heterocycles. The fourth-order valence-electron chi connectivity index (χ4n) is 3.74. The highest BCUT2D eigenvalue weighted by atomic mass is 16.3. The average Bonchev–Trinajstić information content (AvgIpc) is 2.36. The summed E-state index contributed by atoms with van der Waals surface area (Å²) in [6.07, 6.45) is 6.49. The number of hydrogen-bond acceptors (Lipinski definition) is 3. The van der Waals surface area contributed by atoms with E-state index in [1.54, 1.807) is 0 Å². The van der Waals surface area contributed by atoms with Crippen LogP contribution in [0.25, 0.3) is 0 Å². The Morgan fingerprint density at radius 2 is 1.90 bits per heavy atom. The van der Waals surface area contributed by atoms with Crippen LogP contribution in [0, 0.1) is 17.8 Å². The first-order valence-corrected chi connectivity index (χ1v) is 8.70. The van der Waals surface area contributed by atoms with E-state index in [1.807, 2.05) is 0 Å². The SMILES string of the molecule is CC(C)C1CC(NCCCO)CN(C(C)C2CCC2)C1. The van der Waals surface area contributed by atoms with E-state index in [2.05, 4.69) is 31.0 Å². The van der Waals surface area contributed by atoms with Crippen LogP contribution in [0.15, 0.2) is 0 Å². The highest BCUT2D eigenvalue weighted by molar-refractivity contribution is 4.90. The molecular formula is C17H34N2O. The van der Waals surface area contributed by atoms with Crippen LogP contribution in [-0.4, -0.2) is 48.3 Å². The van der Waals surface area contributed by atoms with Gasteiger partial charge in [0.15, 0.2) is 0 Å². The molecule has 2 fully saturated rings. The molecular weight excluding hydrogens is 248 g/mol. The van der Waals surface area contributed by atoms with Gasteiger partial charge in [-0.3, -0.25) is 4.90 Å². The first-order valence-electron chi connectivity index (χ1n) is 8.70. The number of piperidine rings is 1. The summed E-state index contributed by atoms with van der Waals surface area (Å²) in [7, 11) is 0. The number of hydrogen-bond donors (Lipinski definition) is 2. The number of nitrogens with one attached hydrogen (secondary N) is 1. The van der Waals surface area contributed by atoms with Gasteiger partial charge in [-0.15, -0.1) is 0 Å². The minimum atomic E-state index is 0.301. The van der Waals surface area contributed by atoms with Crippen molar-refractivity contribution in [2.75, 3.05) is 26.2 Å². The lowest BCUT2D eigenvalue weighted by Crippen LogP contribution is -2.55. The Balaban J connectivity index is 1.89. The lowest BCUT2D eigenvalue weighted by Gasteiger charge is -2.46. The molecule has 0 amide bonds. The highest BCUT2D eigenvalue weighted by Gasteiger charge is 2.35. The minimum Gasteiger partial charge on any atom is -0.396 e. The van der Waals surface area contributed by atoms with E-state index >= 15 is 0 Å². The van der Waals surface area contributed by atoms with Crippen LogP contribution in [-0.2, 0) is 0 Å². The molecule has 0 bridgehead atoms. The molecule has 2 rings (SSSR count). The molecule has 2 aliphatic rings. The molecule has 3 nitrogen and oxygen atoms in total. The molecule has 118 valence electrons. The van der Waals surface area contributed by atoms with Crippen molar-refractivity contribution in [1.29, 1.82) is 0 Å². The van der Waals surface area contributed by atoms with Gasteiger partial charge in [0.1, 0.15) is 0 Å². The van der Waals surface area contributed by atoms with E-state index in [1.165, 1.54) is 38.8 Å². The van der Waals surface area contributed by atoms with Gasteiger partial charge < -0.3 is 10.4 Å². The summed E-state index contributed by atoms with van der Waals surface area (Å²) in [5, 5.41) is 12.6. The van der Waals surface area contributed by atoms with Crippen LogP contribution in [0.2, 0.25) is 0 Å². The number of aliphatic hydroxyl groups is 1. The molecule has 1 saturated heterocycles. The largest absolute Gasteiger partial charge is 0.396 e. The van der Waals surface area contributed by atoms with Gasteiger partial charge in [0, 0.05) is 31.8 Å². The Labute approximate surface area is 125 Å². The quantitative estimate of drug-likeness (QED) is 0.704. The van der Waals surface area contributed by atoms with Gasteiger partial charge in [0.25, 0.3) is 0 Å². The van der Waals surface area contributed by atoms with Gasteiger partial charge in [0.2, 0.25) is 0 Å². The van der Waals surface area contributed by atoms with Crippen LogP contribution in [0.3, 0.4) is 0 Å². The van der Waals surface area contributed by atoms with Crippen molar-refractivity contribution >= 4 is 0 Å². The van der Waals surface area contributed by atoms with E-state index in [9.17, 15) is 0 Å². The molecule has 0 aromatic heterocycles. The minimum absolute atomic E-state index is 0.301. The monoisotopic (exact) mass is 282 g/mol. The second kappa shape index (κ2) is 7.77. The van der Waals surface area contributed by atoms with Gasteiger partial charge in [-0.25, -0.2) is 0 Å². The summed E-state index contributed by atoms with van der Waals surface area (Å²) in [6, 6.07) is 1.37. The van der Waals surface area contributed by atoms with Crippen molar-refractivity contribution in [2.24, 2.45) is 17.8 Å². The van der Waals surface area contributed by atoms with Gasteiger partial charge in [-0.05, 0) is 56.9 Å². The molecule has 20 heavy (non-hydrogen) atoms. The van der Waals surface area contributed by atoms with E-state index in [-0.39, 0.29) is 0 Å². The molecule has 1 aliphatic heterocycles. The number of rotatable bonds is 7. The van der Waals surface area contributed by atoms with Crippen LogP contribution >= 0.6 is 0 Å². The number of likely N-dealkylation sites (tertiary alicyclic amines) is 1. The smallest absolute Gasteiger partial charge is 0.0443 e. The Kier molecular flexibility index (Phi) is 6.31. The van der Waals surface area contributed by atoms with E-state index in [4.69, 9.17) is 5.11 Å². The summed E-state index contributed by atoms with van der Waals surface area (Å²) in [5.41, 5.74) is 0. The molecule has 0 spiro atoms. The third-order valence-electron chi connectivity index (χ3n) is 5.63. The Morgan fingerprint density at radius 1 is 1.15 bits per heavy atom. The topological polar surface area (TPSA) is 35.5 Å². The van der Waals surface area contributed by atoms with E-state index < -0.39 is 0 Å². The van der Waals surface area contributed by atoms with Crippen LogP contribution < -0.4 is 5.32 Å². The normalized spacial score (nSPS) is 30.4. The first kappa shape index (κ1) is 16.3. The Bertz CT molecular complexity index is 278. The highest BCUT2D eigenvalue weighted by Crippen LogP contribution is 2.34. The van der Waals surface area contributed by atoms with Crippen molar-refractivity contribution in [3.63, 3.8) is 0 Å². The standard InChI is InChI=1S/C17H34N2O/c1-13(2)16-10-17(18-8-5-9-20)12-19(11-16)14(3)15-6-4-7-15/h13-18,20H,4-12H2,1-3H3. The van der Waals surface area contributed by atoms with Gasteiger partial charge in [0.05, 0.1) is 0 Å². The molecule has 0 radical (unpaired) electrons. The first-order chi connectivity index (χ1) is 9.61. The van der Waals surface area contributed by atoms with Gasteiger partial charge in [-0.2, -0.15) is 0 Å². The summed E-state index contributed by atoms with van der Waals surface area (Å²) < 4.78 is 0. The number of nitrogens with zero attached hydrogens (tertiary/aromatic N) is 1. The van der Waals surface area contributed by atoms with Crippen molar-refractivity contribution in [2.45, 2.75) is 65.0 Å². The predicted octanol–water partition coefficient (Wildman–Crippen LogP) is 2.49. The molecule has 2 N–H and O–H groups in total. The van der Waals surface area contributed by atoms with Crippen LogP contribution in [0.4, 0.5) is 0 Å². The Morgan fingerprint density at radius 3 is 2.45 bits per heavy atom. The fourth-order valence-corrected chi connectivity index (χ4v) is 3.74. The fraction of sp³-hybridized carbons (Fsp3) is 1.00. The second-order valence-electron chi connectivity index (χ2n) is 7.35. The third kappa shape index (κ3) is 4.19. The summed E-state index contributed by atoms with van der Waals surface area (Å²) in [5.74, 6) is 2.53. The van der Waals surface area contributed by atoms with Crippen molar-refractivity contribution in [1.82, 2.24) is 10.2 Å². The van der Waals surface area contributed by atoms with E-state index in [0.29, 0.717) is 12.6 Å². The summed E-state index contributed by atoms with van der Waals surface area (Å²) in [6.45, 7) is 10.9. The molecule has 1 aliphatic carbocycles. The predicted molar refractivity (Wildman–Crippen MR) is 84.8 cm³/mol. The Hall–Kier alpha value is -0.120. The van der Waals surface area contributed by atoms with Crippen molar-refractivity contribution < 1.29 is 5.11 Å². The van der Waals surface area contributed by atoms with Gasteiger partial charge in [-0.1, -0.05) is 20.3 Å². The molecule has 0 aromatic rings. The molecule has 0 aromatic carbocycles. The maximum absolute atomic E-state index is 8.94. The molecule has 3 unspecified atom stereocenters. The van der Waals surface area contributed by atoms with E-state index in [0.717, 1.165) is 36.8 Å².